The maximum Gasteiger partial charge on any atom is 0.374 e. The molecule has 2 aromatic carbocycles. The first-order valence-corrected chi connectivity index (χ1v) is 7.96. The zero-order chi connectivity index (χ0) is 17.3. The Morgan fingerprint density at radius 3 is 2.58 bits per heavy atom. The number of benzene rings is 2. The molecular weight excluding hydrogens is 308 g/mol. The predicted molar refractivity (Wildman–Crippen MR) is 91.6 cm³/mol. The van der Waals surface area contributed by atoms with Crippen LogP contribution in [-0.2, 0) is 11.2 Å². The summed E-state index contributed by atoms with van der Waals surface area (Å²) in [5.41, 5.74) is 0.604. The summed E-state index contributed by atoms with van der Waals surface area (Å²) in [6.45, 7) is 3.88. The van der Waals surface area contributed by atoms with Crippen LogP contribution in [0.5, 0.6) is 5.75 Å². The highest BCUT2D eigenvalue weighted by molar-refractivity contribution is 6.06. The van der Waals surface area contributed by atoms with Gasteiger partial charge in [0, 0.05) is 17.0 Å². The van der Waals surface area contributed by atoms with E-state index in [-0.39, 0.29) is 29.1 Å². The normalized spacial score (nSPS) is 11.1. The summed E-state index contributed by atoms with van der Waals surface area (Å²) in [6.07, 6.45) is 1.49. The zero-order valence-electron chi connectivity index (χ0n) is 13.6. The fourth-order valence-corrected chi connectivity index (χ4v) is 2.94. The molecule has 5 heteroatoms. The number of ether oxygens (including phenoxy) is 1. The number of phenols is 1. The first-order valence-electron chi connectivity index (χ1n) is 7.96. The van der Waals surface area contributed by atoms with Gasteiger partial charge in [-0.15, -0.1) is 0 Å². The maximum atomic E-state index is 12.5. The van der Waals surface area contributed by atoms with Crippen LogP contribution >= 0.6 is 0 Å². The molecule has 0 saturated carbocycles. The van der Waals surface area contributed by atoms with Crippen molar-refractivity contribution in [2.75, 3.05) is 6.61 Å². The first-order chi connectivity index (χ1) is 11.6. The van der Waals surface area contributed by atoms with Crippen molar-refractivity contribution in [2.24, 2.45) is 0 Å². The molecule has 0 aliphatic rings. The number of phenolic OH excluding ortho intramolecular Hbond substituents is 1. The van der Waals surface area contributed by atoms with Crippen LogP contribution in [0.1, 0.15) is 36.4 Å². The Bertz CT molecular complexity index is 984. The second kappa shape index (κ2) is 6.35. The van der Waals surface area contributed by atoms with Crippen molar-refractivity contribution in [3.63, 3.8) is 0 Å². The third-order valence-electron chi connectivity index (χ3n) is 3.94. The van der Waals surface area contributed by atoms with E-state index in [4.69, 9.17) is 9.15 Å². The molecule has 0 fully saturated rings. The third-order valence-corrected chi connectivity index (χ3v) is 3.94. The molecule has 0 aliphatic heterocycles. The highest BCUT2D eigenvalue weighted by Crippen LogP contribution is 2.36. The topological polar surface area (TPSA) is 76.7 Å². The second-order valence-corrected chi connectivity index (χ2v) is 5.52. The SMILES string of the molecule is CCCc1c2ccccc2c(O)c2c(=O)cc(C(=O)OCC)oc12. The minimum atomic E-state index is -0.688. The minimum absolute atomic E-state index is 0.102. The highest BCUT2D eigenvalue weighted by atomic mass is 16.5. The van der Waals surface area contributed by atoms with E-state index in [0.29, 0.717) is 11.8 Å². The fourth-order valence-electron chi connectivity index (χ4n) is 2.94. The van der Waals surface area contributed by atoms with Gasteiger partial charge in [-0.05, 0) is 18.7 Å². The average molecular weight is 326 g/mol. The van der Waals surface area contributed by atoms with E-state index >= 15 is 0 Å². The van der Waals surface area contributed by atoms with Crippen LogP contribution < -0.4 is 5.43 Å². The van der Waals surface area contributed by atoms with Gasteiger partial charge in [0.1, 0.15) is 16.7 Å². The molecule has 1 aromatic heterocycles. The van der Waals surface area contributed by atoms with E-state index in [2.05, 4.69) is 0 Å². The van der Waals surface area contributed by atoms with Gasteiger partial charge in [0.05, 0.1) is 6.61 Å². The summed E-state index contributed by atoms with van der Waals surface area (Å²) < 4.78 is 10.6. The summed E-state index contributed by atoms with van der Waals surface area (Å²) in [4.78, 5) is 24.4. The molecule has 1 N–H and O–H groups in total. The number of aryl methyl sites for hydroxylation is 1. The number of rotatable bonds is 4. The van der Waals surface area contributed by atoms with Crippen molar-refractivity contribution in [3.05, 3.63) is 51.9 Å². The molecule has 124 valence electrons. The van der Waals surface area contributed by atoms with Crippen LogP contribution in [0.3, 0.4) is 0 Å². The Balaban J connectivity index is 2.45. The van der Waals surface area contributed by atoms with Crippen LogP contribution in [0.4, 0.5) is 0 Å². The molecule has 0 aliphatic carbocycles. The molecule has 0 saturated heterocycles. The maximum absolute atomic E-state index is 12.5. The van der Waals surface area contributed by atoms with Crippen molar-refractivity contribution in [3.8, 4) is 5.75 Å². The van der Waals surface area contributed by atoms with Crippen LogP contribution in [0.15, 0.2) is 39.5 Å². The van der Waals surface area contributed by atoms with Crippen molar-refractivity contribution in [1.29, 1.82) is 0 Å². The van der Waals surface area contributed by atoms with E-state index in [9.17, 15) is 14.7 Å². The number of esters is 1. The number of hydrogen-bond donors (Lipinski definition) is 1. The first kappa shape index (κ1) is 16.1. The molecule has 3 aromatic rings. The van der Waals surface area contributed by atoms with Gasteiger partial charge in [0.2, 0.25) is 5.76 Å². The largest absolute Gasteiger partial charge is 0.506 e. The summed E-state index contributed by atoms with van der Waals surface area (Å²) in [5.74, 6) is -0.961. The Kier molecular flexibility index (Phi) is 4.25. The van der Waals surface area contributed by atoms with E-state index < -0.39 is 11.4 Å². The lowest BCUT2D eigenvalue weighted by molar-refractivity contribution is 0.0490. The molecule has 0 spiro atoms. The van der Waals surface area contributed by atoms with E-state index in [1.54, 1.807) is 19.1 Å². The molecule has 0 unspecified atom stereocenters. The molecule has 0 atom stereocenters. The Morgan fingerprint density at radius 2 is 1.92 bits per heavy atom. The van der Waals surface area contributed by atoms with Crippen molar-refractivity contribution >= 4 is 27.7 Å². The summed E-state index contributed by atoms with van der Waals surface area (Å²) in [6, 6.07) is 8.38. The molecular formula is C19H18O5. The lowest BCUT2D eigenvalue weighted by Gasteiger charge is -2.12. The van der Waals surface area contributed by atoms with Gasteiger partial charge >= 0.3 is 5.97 Å². The summed E-state index contributed by atoms with van der Waals surface area (Å²) >= 11 is 0. The monoisotopic (exact) mass is 326 g/mol. The lowest BCUT2D eigenvalue weighted by Crippen LogP contribution is -2.11. The molecule has 3 rings (SSSR count). The van der Waals surface area contributed by atoms with E-state index in [1.165, 1.54) is 0 Å². The van der Waals surface area contributed by atoms with Crippen LogP contribution in [-0.4, -0.2) is 17.7 Å². The minimum Gasteiger partial charge on any atom is -0.506 e. The predicted octanol–water partition coefficient (Wildman–Crippen LogP) is 3.78. The Morgan fingerprint density at radius 1 is 1.21 bits per heavy atom. The molecule has 24 heavy (non-hydrogen) atoms. The number of carbonyl (C=O) groups is 1. The Labute approximate surface area is 138 Å². The summed E-state index contributed by atoms with van der Waals surface area (Å²) in [5, 5.41) is 12.1. The summed E-state index contributed by atoms with van der Waals surface area (Å²) in [7, 11) is 0. The molecule has 5 nitrogen and oxygen atoms in total. The lowest BCUT2D eigenvalue weighted by atomic mass is 9.96. The average Bonchev–Trinajstić information content (AvgIpc) is 2.58. The quantitative estimate of drug-likeness (QED) is 0.583. The smallest absolute Gasteiger partial charge is 0.374 e. The number of hydrogen-bond acceptors (Lipinski definition) is 5. The number of aromatic hydroxyl groups is 1. The molecule has 0 amide bonds. The van der Waals surface area contributed by atoms with E-state index in [0.717, 1.165) is 23.4 Å². The second-order valence-electron chi connectivity index (χ2n) is 5.52. The van der Waals surface area contributed by atoms with Crippen molar-refractivity contribution in [1.82, 2.24) is 0 Å². The van der Waals surface area contributed by atoms with Crippen LogP contribution in [0.2, 0.25) is 0 Å². The van der Waals surface area contributed by atoms with Crippen molar-refractivity contribution < 1.29 is 19.1 Å². The third kappa shape index (κ3) is 2.52. The molecule has 0 radical (unpaired) electrons. The highest BCUT2D eigenvalue weighted by Gasteiger charge is 2.20. The van der Waals surface area contributed by atoms with Gasteiger partial charge in [0.15, 0.2) is 5.43 Å². The Hall–Kier alpha value is -2.82. The standard InChI is InChI=1S/C19H18O5/c1-3-7-13-11-8-5-6-9-12(11)17(21)16-14(20)10-15(24-18(13)16)19(22)23-4-2/h5-6,8-10,21H,3-4,7H2,1-2H3. The van der Waals surface area contributed by atoms with Crippen LogP contribution in [0, 0.1) is 0 Å². The number of carbonyl (C=O) groups excluding carboxylic acids is 1. The van der Waals surface area contributed by atoms with Crippen LogP contribution in [0.25, 0.3) is 21.7 Å². The molecule has 0 bridgehead atoms. The van der Waals surface area contributed by atoms with E-state index in [1.807, 2.05) is 19.1 Å². The zero-order valence-corrected chi connectivity index (χ0v) is 13.6. The van der Waals surface area contributed by atoms with Gasteiger partial charge in [-0.2, -0.15) is 0 Å². The molecule has 1 heterocycles. The van der Waals surface area contributed by atoms with Crippen molar-refractivity contribution in [2.45, 2.75) is 26.7 Å². The van der Waals surface area contributed by atoms with Gasteiger partial charge < -0.3 is 14.3 Å². The van der Waals surface area contributed by atoms with Gasteiger partial charge in [-0.3, -0.25) is 4.79 Å². The van der Waals surface area contributed by atoms with Gasteiger partial charge in [-0.25, -0.2) is 4.79 Å². The van der Waals surface area contributed by atoms with Gasteiger partial charge in [0.25, 0.3) is 0 Å². The van der Waals surface area contributed by atoms with Gasteiger partial charge in [-0.1, -0.05) is 37.6 Å². The number of fused-ring (bicyclic) bond motifs is 2. The fraction of sp³-hybridized carbons (Fsp3) is 0.263.